The number of carboxylic acid groups (broad SMARTS) is 1. The van der Waals surface area contributed by atoms with Crippen LogP contribution in [-0.4, -0.2) is 39.2 Å². The molecule has 0 aromatic carbocycles. The summed E-state index contributed by atoms with van der Waals surface area (Å²) in [5.41, 5.74) is 0. The number of carboxylic acids is 1. The fourth-order valence-corrected chi connectivity index (χ4v) is 0.479. The Morgan fingerprint density at radius 1 is 1.70 bits per heavy atom. The summed E-state index contributed by atoms with van der Waals surface area (Å²) in [7, 11) is 0. The summed E-state index contributed by atoms with van der Waals surface area (Å²) in [6.45, 7) is 1.91. The monoisotopic (exact) mass is 149 g/mol. The van der Waals surface area contributed by atoms with E-state index in [-0.39, 0.29) is 6.54 Å². The largest absolute Gasteiger partial charge is 0.478 e. The smallest absolute Gasteiger partial charge is 0.350 e. The zero-order chi connectivity index (χ0) is 8.15. The van der Waals surface area contributed by atoms with Crippen LogP contribution in [0, 0.1) is 0 Å². The highest BCUT2D eigenvalue weighted by Crippen LogP contribution is 1.92. The highest BCUT2D eigenvalue weighted by atomic mass is 16.5. The molecule has 1 unspecified atom stereocenters. The van der Waals surface area contributed by atoms with Gasteiger partial charge in [-0.05, 0) is 6.42 Å². The van der Waals surface area contributed by atoms with Crippen molar-refractivity contribution in [2.75, 3.05) is 6.54 Å². The summed E-state index contributed by atoms with van der Waals surface area (Å²) in [6.07, 6.45) is -1.22. The second-order valence-electron chi connectivity index (χ2n) is 1.87. The summed E-state index contributed by atoms with van der Waals surface area (Å²) >= 11 is 0. The molecule has 0 aromatic heterocycles. The van der Waals surface area contributed by atoms with Gasteiger partial charge in [-0.1, -0.05) is 6.92 Å². The average Bonchev–Trinajstić information content (AvgIpc) is 1.87. The summed E-state index contributed by atoms with van der Waals surface area (Å²) in [5.74, 6) is -1.45. The third kappa shape index (κ3) is 2.77. The van der Waals surface area contributed by atoms with Crippen molar-refractivity contribution in [3.05, 3.63) is 0 Å². The molecule has 0 spiro atoms. The Morgan fingerprint density at radius 2 is 2.20 bits per heavy atom. The van der Waals surface area contributed by atoms with E-state index in [9.17, 15) is 4.79 Å². The molecule has 0 aliphatic carbocycles. The zero-order valence-corrected chi connectivity index (χ0v) is 5.69. The van der Waals surface area contributed by atoms with Gasteiger partial charge in [0.15, 0.2) is 0 Å². The van der Waals surface area contributed by atoms with Gasteiger partial charge in [-0.15, -0.1) is 0 Å². The molecule has 0 amide bonds. The maximum atomic E-state index is 9.96. The Labute approximate surface area is 58.5 Å². The molecule has 0 fully saturated rings. The van der Waals surface area contributed by atoms with Gasteiger partial charge >= 0.3 is 5.97 Å². The van der Waals surface area contributed by atoms with E-state index < -0.39 is 12.2 Å². The Balaban J connectivity index is 3.69. The molecule has 0 aromatic rings. The molecule has 0 rings (SSSR count). The lowest BCUT2D eigenvalue weighted by Crippen LogP contribution is -2.38. The van der Waals surface area contributed by atoms with E-state index in [1.165, 1.54) is 0 Å². The lowest BCUT2D eigenvalue weighted by molar-refractivity contribution is -0.211. The van der Waals surface area contributed by atoms with Gasteiger partial charge in [-0.25, -0.2) is 4.79 Å². The molecule has 5 nitrogen and oxygen atoms in total. The van der Waals surface area contributed by atoms with Crippen LogP contribution in [0.4, 0.5) is 0 Å². The highest BCUT2D eigenvalue weighted by Gasteiger charge is 2.19. The second kappa shape index (κ2) is 4.21. The molecule has 0 saturated heterocycles. The van der Waals surface area contributed by atoms with E-state index in [4.69, 9.17) is 15.4 Å². The van der Waals surface area contributed by atoms with E-state index in [0.29, 0.717) is 11.5 Å². The first kappa shape index (κ1) is 9.35. The van der Waals surface area contributed by atoms with Gasteiger partial charge in [0.2, 0.25) is 6.23 Å². The molecular weight excluding hydrogens is 138 g/mol. The lowest BCUT2D eigenvalue weighted by Gasteiger charge is -2.15. The number of hydrogen-bond acceptors (Lipinski definition) is 4. The molecule has 0 saturated carbocycles. The highest BCUT2D eigenvalue weighted by molar-refractivity contribution is 5.71. The van der Waals surface area contributed by atoms with Gasteiger partial charge in [0.25, 0.3) is 0 Å². The Bertz CT molecular complexity index is 116. The van der Waals surface area contributed by atoms with Crippen LogP contribution in [0.1, 0.15) is 13.3 Å². The first-order valence-electron chi connectivity index (χ1n) is 2.96. The Morgan fingerprint density at radius 3 is 2.50 bits per heavy atom. The van der Waals surface area contributed by atoms with Gasteiger partial charge in [-0.2, -0.15) is 5.06 Å². The predicted octanol–water partition coefficient (Wildman–Crippen LogP) is -0.509. The molecule has 0 bridgehead atoms. The molecular formula is C5H11NO4. The van der Waals surface area contributed by atoms with Crippen molar-refractivity contribution in [3.63, 3.8) is 0 Å². The number of aliphatic hydroxyl groups is 1. The fraction of sp³-hybridized carbons (Fsp3) is 0.800. The van der Waals surface area contributed by atoms with Gasteiger partial charge in [0.05, 0.1) is 0 Å². The molecule has 0 radical (unpaired) electrons. The molecule has 3 N–H and O–H groups in total. The van der Waals surface area contributed by atoms with Gasteiger partial charge in [-0.3, -0.25) is 0 Å². The van der Waals surface area contributed by atoms with Crippen LogP contribution in [0.25, 0.3) is 0 Å². The quantitative estimate of drug-likeness (QED) is 0.370. The predicted molar refractivity (Wildman–Crippen MR) is 32.4 cm³/mol. The molecule has 1 atom stereocenters. The SMILES string of the molecule is CCCN(O)C(O)C(=O)O. The van der Waals surface area contributed by atoms with Crippen LogP contribution in [0.3, 0.4) is 0 Å². The van der Waals surface area contributed by atoms with Crippen molar-refractivity contribution in [1.29, 1.82) is 0 Å². The number of hydroxylamine groups is 2. The Hall–Kier alpha value is -0.650. The summed E-state index contributed by atoms with van der Waals surface area (Å²) in [4.78, 5) is 9.96. The van der Waals surface area contributed by atoms with Crippen LogP contribution in [0.5, 0.6) is 0 Å². The lowest BCUT2D eigenvalue weighted by atomic mass is 10.4. The average molecular weight is 149 g/mol. The van der Waals surface area contributed by atoms with Gasteiger partial charge in [0, 0.05) is 6.54 Å². The summed E-state index contributed by atoms with van der Waals surface area (Å²) in [5, 5.41) is 25.8. The second-order valence-corrected chi connectivity index (χ2v) is 1.87. The van der Waals surface area contributed by atoms with E-state index in [0.717, 1.165) is 0 Å². The van der Waals surface area contributed by atoms with E-state index in [2.05, 4.69) is 0 Å². The van der Waals surface area contributed by atoms with Crippen LogP contribution >= 0.6 is 0 Å². The standard InChI is InChI=1S/C5H11NO4/c1-2-3-6(10)4(7)5(8)9/h4,7,10H,2-3H2,1H3,(H,8,9). The number of hydrogen-bond donors (Lipinski definition) is 3. The first-order chi connectivity index (χ1) is 4.59. The van der Waals surface area contributed by atoms with Crippen LogP contribution in [-0.2, 0) is 4.79 Å². The third-order valence-corrected chi connectivity index (χ3v) is 0.956. The minimum atomic E-state index is -1.81. The van der Waals surface area contributed by atoms with E-state index in [1.807, 2.05) is 0 Å². The maximum Gasteiger partial charge on any atom is 0.350 e. The molecule has 5 heteroatoms. The number of aliphatic hydroxyl groups excluding tert-OH is 1. The zero-order valence-electron chi connectivity index (χ0n) is 5.69. The van der Waals surface area contributed by atoms with Crippen molar-refractivity contribution in [1.82, 2.24) is 5.06 Å². The van der Waals surface area contributed by atoms with Crippen molar-refractivity contribution in [2.24, 2.45) is 0 Å². The maximum absolute atomic E-state index is 9.96. The first-order valence-corrected chi connectivity index (χ1v) is 2.96. The molecule has 0 heterocycles. The topological polar surface area (TPSA) is 81.0 Å². The summed E-state index contributed by atoms with van der Waals surface area (Å²) < 4.78 is 0. The van der Waals surface area contributed by atoms with Crippen LogP contribution in [0.15, 0.2) is 0 Å². The fourth-order valence-electron chi connectivity index (χ4n) is 0.479. The number of nitrogens with zero attached hydrogens (tertiary/aromatic N) is 1. The van der Waals surface area contributed by atoms with Gasteiger partial charge in [0.1, 0.15) is 0 Å². The number of aliphatic carboxylic acids is 1. The van der Waals surface area contributed by atoms with Crippen LogP contribution in [0.2, 0.25) is 0 Å². The van der Waals surface area contributed by atoms with E-state index >= 15 is 0 Å². The third-order valence-electron chi connectivity index (χ3n) is 0.956. The summed E-state index contributed by atoms with van der Waals surface area (Å²) in [6, 6.07) is 0. The Kier molecular flexibility index (Phi) is 3.94. The van der Waals surface area contributed by atoms with E-state index in [1.54, 1.807) is 6.92 Å². The normalized spacial score (nSPS) is 13.6. The number of carbonyl (C=O) groups is 1. The molecule has 10 heavy (non-hydrogen) atoms. The minimum Gasteiger partial charge on any atom is -0.478 e. The molecule has 0 aliphatic rings. The van der Waals surface area contributed by atoms with Crippen molar-refractivity contribution in [3.8, 4) is 0 Å². The molecule has 60 valence electrons. The van der Waals surface area contributed by atoms with Gasteiger partial charge < -0.3 is 15.4 Å². The van der Waals surface area contributed by atoms with Crippen LogP contribution < -0.4 is 0 Å². The number of rotatable bonds is 4. The van der Waals surface area contributed by atoms with Crippen molar-refractivity contribution < 1.29 is 20.2 Å². The molecule has 0 aliphatic heterocycles. The van der Waals surface area contributed by atoms with Crippen molar-refractivity contribution >= 4 is 5.97 Å². The minimum absolute atomic E-state index is 0.146. The van der Waals surface area contributed by atoms with Crippen molar-refractivity contribution in [2.45, 2.75) is 19.6 Å².